The number of hydrogen-bond donors (Lipinski definition) is 2. The minimum absolute atomic E-state index is 0.127. The van der Waals surface area contributed by atoms with Gasteiger partial charge in [0.15, 0.2) is 0 Å². The fraction of sp³-hybridized carbons (Fsp3) is 0.250. The highest BCUT2D eigenvalue weighted by molar-refractivity contribution is 6.31. The van der Waals surface area contributed by atoms with Crippen molar-refractivity contribution in [1.82, 2.24) is 4.90 Å². The number of phenols is 1. The molecule has 7 nitrogen and oxygen atoms in total. The average Bonchev–Trinajstić information content (AvgIpc) is 3.15. The van der Waals surface area contributed by atoms with Crippen LogP contribution in [0.4, 0.5) is 11.4 Å². The maximum Gasteiger partial charge on any atom is 0.256 e. The fourth-order valence-electron chi connectivity index (χ4n) is 3.71. The topological polar surface area (TPSA) is 90.0 Å². The van der Waals surface area contributed by atoms with E-state index in [0.717, 1.165) is 6.42 Å². The molecule has 144 valence electrons. The number of rotatable bonds is 3. The number of halogens is 1. The number of amides is 3. The normalized spacial score (nSPS) is 18.5. The van der Waals surface area contributed by atoms with Crippen molar-refractivity contribution < 1.29 is 19.5 Å². The van der Waals surface area contributed by atoms with E-state index < -0.39 is 11.9 Å². The second-order valence-electron chi connectivity index (χ2n) is 6.81. The van der Waals surface area contributed by atoms with Crippen molar-refractivity contribution in [1.29, 1.82) is 0 Å². The molecule has 3 amide bonds. The molecule has 28 heavy (non-hydrogen) atoms. The lowest BCUT2D eigenvalue weighted by molar-refractivity contribution is -0.124. The largest absolute Gasteiger partial charge is 0.506 e. The Balaban J connectivity index is 1.64. The first kappa shape index (κ1) is 18.3. The maximum absolute atomic E-state index is 13.1. The van der Waals surface area contributed by atoms with Crippen LogP contribution in [-0.2, 0) is 9.59 Å². The second kappa shape index (κ2) is 7.16. The van der Waals surface area contributed by atoms with Gasteiger partial charge in [-0.2, -0.15) is 0 Å². The Morgan fingerprint density at radius 2 is 2.00 bits per heavy atom. The molecule has 0 saturated carbocycles. The van der Waals surface area contributed by atoms with Gasteiger partial charge in [0.25, 0.3) is 5.91 Å². The minimum Gasteiger partial charge on any atom is -0.506 e. The summed E-state index contributed by atoms with van der Waals surface area (Å²) in [7, 11) is 0. The van der Waals surface area contributed by atoms with Gasteiger partial charge in [0.2, 0.25) is 11.8 Å². The average molecular weight is 400 g/mol. The molecule has 8 heteroatoms. The van der Waals surface area contributed by atoms with Gasteiger partial charge in [-0.25, -0.2) is 0 Å². The zero-order valence-electron chi connectivity index (χ0n) is 14.9. The van der Waals surface area contributed by atoms with Crippen LogP contribution in [0.15, 0.2) is 42.5 Å². The number of fused-ring (bicyclic) bond motifs is 2. The predicted molar refractivity (Wildman–Crippen MR) is 105 cm³/mol. The summed E-state index contributed by atoms with van der Waals surface area (Å²) in [6, 6.07) is 10.5. The summed E-state index contributed by atoms with van der Waals surface area (Å²) in [5, 5.41) is 12.8. The Labute approximate surface area is 166 Å². The van der Waals surface area contributed by atoms with Crippen molar-refractivity contribution in [3.63, 3.8) is 0 Å². The lowest BCUT2D eigenvalue weighted by atomic mass is 10.1. The molecule has 0 aliphatic carbocycles. The van der Waals surface area contributed by atoms with Crippen LogP contribution in [0.1, 0.15) is 23.2 Å². The number of benzene rings is 2. The van der Waals surface area contributed by atoms with E-state index in [-0.39, 0.29) is 29.8 Å². The maximum atomic E-state index is 13.1. The third-order valence-electron chi connectivity index (χ3n) is 5.02. The number of nitrogens with zero attached hydrogens (tertiary/aromatic N) is 2. The number of aromatic hydroxyl groups is 1. The predicted octanol–water partition coefficient (Wildman–Crippen LogP) is 2.64. The van der Waals surface area contributed by atoms with Crippen molar-refractivity contribution in [3.8, 4) is 5.75 Å². The number of carbonyl (C=O) groups excluding carboxylic acids is 3. The zero-order valence-corrected chi connectivity index (χ0v) is 15.6. The van der Waals surface area contributed by atoms with E-state index in [2.05, 4.69) is 5.32 Å². The Morgan fingerprint density at radius 1 is 1.21 bits per heavy atom. The number of hydrogen-bond acceptors (Lipinski definition) is 4. The van der Waals surface area contributed by atoms with Crippen LogP contribution in [0.2, 0.25) is 5.02 Å². The van der Waals surface area contributed by atoms with Crippen molar-refractivity contribution in [2.45, 2.75) is 18.9 Å². The summed E-state index contributed by atoms with van der Waals surface area (Å²) in [5.41, 5.74) is 0.975. The van der Waals surface area contributed by atoms with Gasteiger partial charge < -0.3 is 20.2 Å². The molecule has 0 unspecified atom stereocenters. The molecule has 0 aromatic heterocycles. The van der Waals surface area contributed by atoms with Crippen LogP contribution in [0.3, 0.4) is 0 Å². The van der Waals surface area contributed by atoms with Gasteiger partial charge in [-0.05, 0) is 43.2 Å². The number of para-hydroxylation sites is 1. The number of phenolic OH excluding ortho intramolecular Hbond substituents is 1. The molecule has 2 N–H and O–H groups in total. The van der Waals surface area contributed by atoms with E-state index in [4.69, 9.17) is 11.6 Å². The Hall–Kier alpha value is -3.06. The van der Waals surface area contributed by atoms with E-state index in [1.165, 1.54) is 23.1 Å². The third kappa shape index (κ3) is 3.18. The fourth-order valence-corrected chi connectivity index (χ4v) is 3.89. The van der Waals surface area contributed by atoms with Gasteiger partial charge in [-0.3, -0.25) is 14.4 Å². The molecule has 4 rings (SSSR count). The van der Waals surface area contributed by atoms with Crippen LogP contribution in [0.5, 0.6) is 5.75 Å². The molecule has 2 aliphatic heterocycles. The van der Waals surface area contributed by atoms with E-state index in [9.17, 15) is 19.5 Å². The van der Waals surface area contributed by atoms with Crippen LogP contribution in [0, 0.1) is 0 Å². The monoisotopic (exact) mass is 399 g/mol. The first-order valence-corrected chi connectivity index (χ1v) is 9.33. The second-order valence-corrected chi connectivity index (χ2v) is 7.24. The first-order valence-electron chi connectivity index (χ1n) is 8.95. The zero-order chi connectivity index (χ0) is 19.8. The lowest BCUT2D eigenvalue weighted by Gasteiger charge is -2.25. The molecule has 2 aromatic rings. The third-order valence-corrected chi connectivity index (χ3v) is 5.26. The van der Waals surface area contributed by atoms with Gasteiger partial charge >= 0.3 is 0 Å². The molecule has 2 aliphatic rings. The van der Waals surface area contributed by atoms with E-state index in [1.54, 1.807) is 29.2 Å². The summed E-state index contributed by atoms with van der Waals surface area (Å²) in [5.74, 6) is -1.10. The summed E-state index contributed by atoms with van der Waals surface area (Å²) in [6.07, 6.45) is 1.33. The number of nitrogens with one attached hydrogen (secondary N) is 1. The molecule has 1 saturated heterocycles. The van der Waals surface area contributed by atoms with Gasteiger partial charge in [0.05, 0.1) is 16.9 Å². The number of carbonyl (C=O) groups is 3. The Kier molecular flexibility index (Phi) is 4.68. The highest BCUT2D eigenvalue weighted by atomic mass is 35.5. The van der Waals surface area contributed by atoms with Crippen molar-refractivity contribution >= 4 is 40.7 Å². The smallest absolute Gasteiger partial charge is 0.256 e. The highest BCUT2D eigenvalue weighted by Gasteiger charge is 2.42. The molecule has 1 fully saturated rings. The quantitative estimate of drug-likeness (QED) is 0.776. The molecule has 1 atom stereocenters. The van der Waals surface area contributed by atoms with E-state index in [0.29, 0.717) is 29.2 Å². The first-order chi connectivity index (χ1) is 13.5. The number of anilines is 2. The summed E-state index contributed by atoms with van der Waals surface area (Å²) in [4.78, 5) is 41.6. The van der Waals surface area contributed by atoms with Gasteiger partial charge in [0.1, 0.15) is 18.3 Å². The van der Waals surface area contributed by atoms with Crippen molar-refractivity contribution in [2.24, 2.45) is 0 Å². The molecule has 0 spiro atoms. The van der Waals surface area contributed by atoms with Gasteiger partial charge in [0, 0.05) is 11.6 Å². The van der Waals surface area contributed by atoms with Gasteiger partial charge in [-0.1, -0.05) is 23.7 Å². The van der Waals surface area contributed by atoms with Crippen LogP contribution >= 0.6 is 11.6 Å². The van der Waals surface area contributed by atoms with Crippen LogP contribution < -0.4 is 10.2 Å². The molecule has 0 bridgehead atoms. The minimum atomic E-state index is -0.563. The standard InChI is InChI=1S/C20H18ClN3O4/c21-12-7-8-17(25)14(10-12)22-18(26)11-24-15-5-2-1-4-13(15)19(27)23-9-3-6-16(23)20(24)28/h1-2,4-5,7-8,10,16,25H,3,6,9,11H2,(H,22,26)/t16-/m0/s1. The molecular formula is C20H18ClN3O4. The molecule has 2 aromatic carbocycles. The molecule has 0 radical (unpaired) electrons. The van der Waals surface area contributed by atoms with E-state index in [1.807, 2.05) is 0 Å². The molecular weight excluding hydrogens is 382 g/mol. The summed E-state index contributed by atoms with van der Waals surface area (Å²) < 4.78 is 0. The highest BCUT2D eigenvalue weighted by Crippen LogP contribution is 2.32. The van der Waals surface area contributed by atoms with Crippen LogP contribution in [-0.4, -0.2) is 46.9 Å². The SMILES string of the molecule is O=C(CN1C(=O)[C@@H]2CCCN2C(=O)c2ccccc21)Nc1cc(Cl)ccc1O. The van der Waals surface area contributed by atoms with Crippen molar-refractivity contribution in [2.75, 3.05) is 23.3 Å². The summed E-state index contributed by atoms with van der Waals surface area (Å²) >= 11 is 5.91. The Morgan fingerprint density at radius 3 is 2.82 bits per heavy atom. The lowest BCUT2D eigenvalue weighted by Crippen LogP contribution is -2.47. The summed E-state index contributed by atoms with van der Waals surface area (Å²) in [6.45, 7) is 0.249. The van der Waals surface area contributed by atoms with E-state index >= 15 is 0 Å². The van der Waals surface area contributed by atoms with Gasteiger partial charge in [-0.15, -0.1) is 0 Å². The van der Waals surface area contributed by atoms with Crippen LogP contribution in [0.25, 0.3) is 0 Å². The molecule has 2 heterocycles. The van der Waals surface area contributed by atoms with Crippen molar-refractivity contribution in [3.05, 3.63) is 53.1 Å². The Bertz CT molecular complexity index is 978.